The molecule has 0 saturated carbocycles. The first kappa shape index (κ1) is 22.4. The van der Waals surface area contributed by atoms with E-state index in [-0.39, 0.29) is 0 Å². The van der Waals surface area contributed by atoms with E-state index in [1.807, 2.05) is 12.1 Å². The normalized spacial score (nSPS) is 17.3. The molecule has 1 aromatic rings. The number of rotatable bonds is 7. The van der Waals surface area contributed by atoms with Gasteiger partial charge in [0.15, 0.2) is 6.29 Å². The molecule has 27 heavy (non-hydrogen) atoms. The van der Waals surface area contributed by atoms with Gasteiger partial charge in [0.1, 0.15) is 11.5 Å². The molecule has 0 saturated heterocycles. The van der Waals surface area contributed by atoms with Gasteiger partial charge in [0.2, 0.25) is 0 Å². The molecular weight excluding hydrogens is 493 g/mol. The van der Waals surface area contributed by atoms with Crippen LogP contribution in [0.3, 0.4) is 0 Å². The van der Waals surface area contributed by atoms with Crippen LogP contribution in [0.4, 0.5) is 0 Å². The van der Waals surface area contributed by atoms with Crippen LogP contribution in [0, 0.1) is 0 Å². The van der Waals surface area contributed by atoms with Gasteiger partial charge in [-0.15, -0.1) is 47.0 Å². The lowest BCUT2D eigenvalue weighted by molar-refractivity contribution is -0.103. The number of hydrogen-bond donors (Lipinski definition) is 0. The molecule has 0 fully saturated rings. The summed E-state index contributed by atoms with van der Waals surface area (Å²) in [6.07, 6.45) is 11.3. The van der Waals surface area contributed by atoms with Crippen molar-refractivity contribution in [2.24, 2.45) is 0 Å². The van der Waals surface area contributed by atoms with E-state index >= 15 is 0 Å². The highest BCUT2D eigenvalue weighted by Gasteiger charge is 2.25. The largest absolute Gasteiger partial charge is 0.456 e. The average molecular weight is 509 g/mol. The summed E-state index contributed by atoms with van der Waals surface area (Å²) in [4.78, 5) is 11.8. The van der Waals surface area contributed by atoms with Crippen molar-refractivity contribution in [3.05, 3.63) is 49.1 Å². The van der Waals surface area contributed by atoms with E-state index in [1.54, 1.807) is 94.1 Å². The zero-order chi connectivity index (χ0) is 19.4. The van der Waals surface area contributed by atoms with Gasteiger partial charge in [-0.05, 0) is 37.2 Å². The van der Waals surface area contributed by atoms with Gasteiger partial charge in [0, 0.05) is 6.08 Å². The topological polar surface area (TPSA) is 30.2 Å². The molecule has 0 N–H and O–H groups in total. The molecule has 0 amide bonds. The molecule has 0 atom stereocenters. The van der Waals surface area contributed by atoms with Crippen molar-refractivity contribution < 1.29 is 9.21 Å². The molecule has 0 bridgehead atoms. The average Bonchev–Trinajstić information content (AvgIpc) is 3.40. The standard InChI is InChI=1S/C17H16O2S8/c1-20-14-15(21-2)25-12(24-14)7-9-5-6-11(19-9)10(8-18)13-26-16(22-3)17(23-4)27-13/h5-8H,1-4H3. The maximum atomic E-state index is 11.8. The van der Waals surface area contributed by atoms with Crippen LogP contribution in [-0.4, -0.2) is 31.3 Å². The fourth-order valence-corrected chi connectivity index (χ4v) is 12.0. The van der Waals surface area contributed by atoms with Gasteiger partial charge < -0.3 is 4.42 Å². The maximum Gasteiger partial charge on any atom is 0.155 e. The zero-order valence-electron chi connectivity index (χ0n) is 14.9. The van der Waals surface area contributed by atoms with Crippen LogP contribution in [-0.2, 0) is 4.79 Å². The Balaban J connectivity index is 1.81. The minimum atomic E-state index is 0.629. The van der Waals surface area contributed by atoms with Crippen molar-refractivity contribution in [1.29, 1.82) is 0 Å². The smallest absolute Gasteiger partial charge is 0.155 e. The van der Waals surface area contributed by atoms with E-state index in [0.29, 0.717) is 11.3 Å². The fourth-order valence-electron chi connectivity index (χ4n) is 2.13. The first-order valence-electron chi connectivity index (χ1n) is 7.50. The van der Waals surface area contributed by atoms with Crippen LogP contribution in [0.15, 0.2) is 42.0 Å². The number of furan rings is 1. The molecular formula is C17H16O2S8. The zero-order valence-corrected chi connectivity index (χ0v) is 21.4. The monoisotopic (exact) mass is 508 g/mol. The third kappa shape index (κ3) is 5.25. The van der Waals surface area contributed by atoms with Crippen LogP contribution in [0.2, 0.25) is 0 Å². The van der Waals surface area contributed by atoms with Gasteiger partial charge in [-0.25, -0.2) is 0 Å². The summed E-state index contributed by atoms with van der Waals surface area (Å²) < 4.78 is 13.4. The second-order valence-corrected chi connectivity index (χ2v) is 13.8. The van der Waals surface area contributed by atoms with Gasteiger partial charge in [-0.3, -0.25) is 4.79 Å². The van der Waals surface area contributed by atoms with Crippen LogP contribution in [0.1, 0.15) is 11.5 Å². The third-order valence-corrected chi connectivity index (χ3v) is 13.7. The number of carbonyl (C=O) groups is 1. The van der Waals surface area contributed by atoms with Gasteiger partial charge in [-0.2, -0.15) is 0 Å². The molecule has 2 aliphatic heterocycles. The van der Waals surface area contributed by atoms with Gasteiger partial charge in [0.05, 0.1) is 31.0 Å². The summed E-state index contributed by atoms with van der Waals surface area (Å²) in [6, 6.07) is 3.83. The Morgan fingerprint density at radius 2 is 1.37 bits per heavy atom. The van der Waals surface area contributed by atoms with E-state index in [4.69, 9.17) is 4.42 Å². The summed E-state index contributed by atoms with van der Waals surface area (Å²) >= 11 is 13.9. The molecule has 0 aliphatic carbocycles. The first-order chi connectivity index (χ1) is 13.1. The molecule has 2 nitrogen and oxygen atoms in total. The second-order valence-electron chi connectivity index (χ2n) is 4.86. The summed E-state index contributed by atoms with van der Waals surface area (Å²) in [5.74, 6) is 1.41. The number of allylic oxidation sites excluding steroid dienone is 1. The summed E-state index contributed by atoms with van der Waals surface area (Å²) in [6.45, 7) is 0. The third-order valence-electron chi connectivity index (χ3n) is 3.32. The molecule has 0 radical (unpaired) electrons. The molecule has 3 rings (SSSR count). The van der Waals surface area contributed by atoms with Crippen LogP contribution in [0.5, 0.6) is 0 Å². The lowest BCUT2D eigenvalue weighted by Gasteiger charge is -2.01. The Labute approximate surface area is 193 Å². The molecule has 144 valence electrons. The van der Waals surface area contributed by atoms with E-state index in [0.717, 1.165) is 16.3 Å². The minimum Gasteiger partial charge on any atom is -0.456 e. The summed E-state index contributed by atoms with van der Waals surface area (Å²) in [7, 11) is 0. The van der Waals surface area contributed by atoms with E-state index in [1.165, 1.54) is 21.2 Å². The molecule has 0 aromatic carbocycles. The fraction of sp³-hybridized carbons (Fsp3) is 0.235. The molecule has 10 heteroatoms. The van der Waals surface area contributed by atoms with Crippen molar-refractivity contribution in [2.45, 2.75) is 0 Å². The number of carbonyl (C=O) groups excluding carboxylic acids is 1. The lowest BCUT2D eigenvalue weighted by atomic mass is 10.2. The molecule has 1 aromatic heterocycles. The Morgan fingerprint density at radius 3 is 1.85 bits per heavy atom. The van der Waals surface area contributed by atoms with Crippen molar-refractivity contribution in [3.8, 4) is 0 Å². The first-order valence-corrected chi connectivity index (χ1v) is 15.7. The summed E-state index contributed by atoms with van der Waals surface area (Å²) in [5, 5.41) is 0. The lowest BCUT2D eigenvalue weighted by Crippen LogP contribution is -1.84. The Kier molecular flexibility index (Phi) is 8.84. The molecule has 3 heterocycles. The molecule has 0 unspecified atom stereocenters. The van der Waals surface area contributed by atoms with Crippen LogP contribution >= 0.6 is 94.1 Å². The van der Waals surface area contributed by atoms with E-state index in [2.05, 4.69) is 31.1 Å². The van der Waals surface area contributed by atoms with Crippen molar-refractivity contribution >= 4 is 112 Å². The second kappa shape index (κ2) is 10.7. The quantitative estimate of drug-likeness (QED) is 0.266. The number of aldehydes is 1. The highest BCUT2D eigenvalue weighted by molar-refractivity contribution is 8.41. The van der Waals surface area contributed by atoms with E-state index < -0.39 is 0 Å². The highest BCUT2D eigenvalue weighted by atomic mass is 32.3. The summed E-state index contributed by atoms with van der Waals surface area (Å²) in [5.41, 5.74) is 0.629. The van der Waals surface area contributed by atoms with Crippen molar-refractivity contribution in [3.63, 3.8) is 0 Å². The van der Waals surface area contributed by atoms with E-state index in [9.17, 15) is 4.79 Å². The Bertz CT molecular complexity index is 826. The minimum absolute atomic E-state index is 0.629. The Hall–Kier alpha value is 0.710. The maximum absolute atomic E-state index is 11.8. The molecule has 0 spiro atoms. The van der Waals surface area contributed by atoms with Gasteiger partial charge in [-0.1, -0.05) is 47.0 Å². The molecule has 2 aliphatic rings. The number of hydrogen-bond acceptors (Lipinski definition) is 10. The van der Waals surface area contributed by atoms with Crippen molar-refractivity contribution in [2.75, 3.05) is 25.0 Å². The van der Waals surface area contributed by atoms with Gasteiger partial charge >= 0.3 is 0 Å². The predicted molar refractivity (Wildman–Crippen MR) is 138 cm³/mol. The Morgan fingerprint density at radius 1 is 0.852 bits per heavy atom. The number of thioether (sulfide) groups is 8. The predicted octanol–water partition coefficient (Wildman–Crippen LogP) is 8.11. The highest BCUT2D eigenvalue weighted by Crippen LogP contribution is 2.58. The SMILES string of the molecule is CSC1=C(SC)SC(=Cc2ccc(C(C=O)=C3SC(SC)=C(SC)S3)o2)S1. The van der Waals surface area contributed by atoms with Crippen LogP contribution < -0.4 is 0 Å². The van der Waals surface area contributed by atoms with Crippen molar-refractivity contribution in [1.82, 2.24) is 0 Å². The van der Waals surface area contributed by atoms with Crippen LogP contribution in [0.25, 0.3) is 11.6 Å². The van der Waals surface area contributed by atoms with Gasteiger partial charge in [0.25, 0.3) is 0 Å².